The quantitative estimate of drug-likeness (QED) is 0.103. The van der Waals surface area contributed by atoms with Crippen LogP contribution in [0.3, 0.4) is 0 Å². The van der Waals surface area contributed by atoms with Crippen molar-refractivity contribution in [1.82, 2.24) is 24.6 Å². The van der Waals surface area contributed by atoms with Crippen LogP contribution in [0.2, 0.25) is 0 Å². The van der Waals surface area contributed by atoms with Gasteiger partial charge < -0.3 is 20.6 Å². The number of carbonyl (C=O) groups excluding carboxylic acids is 1. The highest BCUT2D eigenvalue weighted by atomic mass is 32.2. The Morgan fingerprint density at radius 1 is 1.20 bits per heavy atom. The van der Waals surface area contributed by atoms with Gasteiger partial charge in [-0.3, -0.25) is 9.78 Å². The molecule has 10 nitrogen and oxygen atoms in total. The van der Waals surface area contributed by atoms with Gasteiger partial charge in [0.15, 0.2) is 11.5 Å². The predicted octanol–water partition coefficient (Wildman–Crippen LogP) is 3.92. The topological polar surface area (TPSA) is 152 Å². The minimum absolute atomic E-state index is 0.0757. The standard InChI is InChI=1S/C34H42FN7O3S/c1-22(2)34(43)33-32(29-19-26(35)8-11-31(29)40-33)30(36)21-42(37)20-24-12-16-41(17-13-24)18-15-39-46(44,45)27-9-6-25(7-10-27)28-5-4-14-38-23(28)3/h4-11,14,19,21-22,24,39-40H,12-13,15-18,20,36-37H2,1-3H3/p+1. The Kier molecular flexibility index (Phi) is 10.3. The molecule has 0 aliphatic carbocycles. The Labute approximate surface area is 269 Å². The lowest BCUT2D eigenvalue weighted by Gasteiger charge is -2.33. The van der Waals surface area contributed by atoms with Gasteiger partial charge in [-0.1, -0.05) is 32.0 Å². The van der Waals surface area contributed by atoms with Gasteiger partial charge in [0.05, 0.1) is 22.4 Å². The van der Waals surface area contributed by atoms with Crippen LogP contribution >= 0.6 is 0 Å². The smallest absolute Gasteiger partial charge is 0.240 e. The number of benzene rings is 2. The second-order valence-corrected chi connectivity index (χ2v) is 14.0. The first-order chi connectivity index (χ1) is 21.9. The Hall–Kier alpha value is -3.94. The molecule has 0 bridgehead atoms. The molecule has 0 spiro atoms. The summed E-state index contributed by atoms with van der Waals surface area (Å²) in [5, 5.41) is 2.19. The molecule has 7 N–H and O–H groups in total. The van der Waals surface area contributed by atoms with Crippen LogP contribution in [0, 0.1) is 24.6 Å². The van der Waals surface area contributed by atoms with E-state index in [2.05, 4.69) is 25.3 Å². The third kappa shape index (κ3) is 7.71. The molecule has 2 aromatic carbocycles. The largest absolute Gasteiger partial charge is 0.351 e. The van der Waals surface area contributed by atoms with Crippen molar-refractivity contribution in [2.75, 3.05) is 32.7 Å². The zero-order valence-corrected chi connectivity index (χ0v) is 27.4. The number of halogens is 1. The van der Waals surface area contributed by atoms with E-state index in [9.17, 15) is 17.6 Å². The van der Waals surface area contributed by atoms with Gasteiger partial charge in [-0.2, -0.15) is 0 Å². The number of hydrazine groups is 1. The minimum atomic E-state index is -3.63. The van der Waals surface area contributed by atoms with Gasteiger partial charge in [-0.05, 0) is 80.7 Å². The predicted molar refractivity (Wildman–Crippen MR) is 178 cm³/mol. The van der Waals surface area contributed by atoms with Crippen molar-refractivity contribution in [3.63, 3.8) is 0 Å². The summed E-state index contributed by atoms with van der Waals surface area (Å²) >= 11 is 0. The maximum absolute atomic E-state index is 14.1. The van der Waals surface area contributed by atoms with E-state index in [1.54, 1.807) is 47.7 Å². The average Bonchev–Trinajstić information content (AvgIpc) is 3.40. The molecule has 12 heteroatoms. The lowest BCUT2D eigenvalue weighted by molar-refractivity contribution is -0.245. The molecular weight excluding hydrogens is 605 g/mol. The Balaban J connectivity index is 1.12. The van der Waals surface area contributed by atoms with Crippen molar-refractivity contribution in [2.24, 2.45) is 17.7 Å². The number of rotatable bonds is 12. The zero-order valence-electron chi connectivity index (χ0n) is 26.6. The number of quaternary nitrogens is 1. The molecule has 1 saturated heterocycles. The van der Waals surface area contributed by atoms with E-state index in [0.29, 0.717) is 53.4 Å². The number of carbonyl (C=O) groups is 1. The number of aryl methyl sites for hydroxylation is 1. The lowest BCUT2D eigenvalue weighted by Crippen LogP contribution is -2.48. The summed E-state index contributed by atoms with van der Waals surface area (Å²) in [6, 6.07) is 15.1. The van der Waals surface area contributed by atoms with E-state index >= 15 is 0 Å². The van der Waals surface area contributed by atoms with Crippen molar-refractivity contribution in [3.8, 4) is 11.1 Å². The third-order valence-electron chi connectivity index (χ3n) is 8.55. The highest BCUT2D eigenvalue weighted by Gasteiger charge is 2.25. The SMILES string of the molecule is Cc1ncccc1-c1ccc(S(=O)(=O)NCCN2CCC(CN(N)C=C([NH3+])c3c(C(=O)C(C)C)[nH]c4ccc(F)cc34)CC2)cc1. The van der Waals surface area contributed by atoms with Gasteiger partial charge in [0.2, 0.25) is 10.0 Å². The number of nitrogens with zero attached hydrogens (tertiary/aromatic N) is 3. The molecule has 5 rings (SSSR count). The number of pyridine rings is 1. The number of nitrogens with one attached hydrogen (secondary N) is 2. The number of aromatic nitrogens is 2. The van der Waals surface area contributed by atoms with E-state index < -0.39 is 15.8 Å². The first-order valence-corrected chi connectivity index (χ1v) is 17.1. The second-order valence-electron chi connectivity index (χ2n) is 12.3. The fourth-order valence-electron chi connectivity index (χ4n) is 6.00. The highest BCUT2D eigenvalue weighted by Crippen LogP contribution is 2.29. The van der Waals surface area contributed by atoms with Gasteiger partial charge >= 0.3 is 0 Å². The normalized spacial score (nSPS) is 15.2. The number of likely N-dealkylation sites (tertiary alicyclic amines) is 1. The number of piperidine rings is 1. The maximum Gasteiger partial charge on any atom is 0.240 e. The van der Waals surface area contributed by atoms with E-state index in [0.717, 1.165) is 42.8 Å². The van der Waals surface area contributed by atoms with Crippen LogP contribution in [-0.4, -0.2) is 66.8 Å². The second kappa shape index (κ2) is 14.2. The summed E-state index contributed by atoms with van der Waals surface area (Å²) in [6.45, 7) is 8.75. The number of hydrogen-bond acceptors (Lipinski definition) is 7. The molecule has 0 amide bonds. The number of Topliss-reactive ketones (excluding diaryl/α,β-unsaturated/α-hetero) is 1. The molecule has 2 aromatic heterocycles. The summed E-state index contributed by atoms with van der Waals surface area (Å²) in [4.78, 5) is 22.9. The van der Waals surface area contributed by atoms with Crippen LogP contribution in [0.1, 0.15) is 48.4 Å². The summed E-state index contributed by atoms with van der Waals surface area (Å²) < 4.78 is 42.7. The molecule has 0 unspecified atom stereocenters. The molecule has 4 aromatic rings. The molecule has 46 heavy (non-hydrogen) atoms. The Bertz CT molecular complexity index is 1830. The fourth-order valence-corrected chi connectivity index (χ4v) is 7.02. The summed E-state index contributed by atoms with van der Waals surface area (Å²) in [6.07, 6.45) is 5.27. The number of fused-ring (bicyclic) bond motifs is 1. The van der Waals surface area contributed by atoms with Crippen molar-refractivity contribution >= 4 is 32.4 Å². The molecule has 0 atom stereocenters. The summed E-state index contributed by atoms with van der Waals surface area (Å²) in [5.41, 5.74) is 9.15. The van der Waals surface area contributed by atoms with Crippen LogP contribution < -0.4 is 16.3 Å². The molecule has 3 heterocycles. The highest BCUT2D eigenvalue weighted by molar-refractivity contribution is 7.89. The van der Waals surface area contributed by atoms with Gasteiger partial charge in [-0.25, -0.2) is 23.4 Å². The molecule has 1 aliphatic heterocycles. The fraction of sp³-hybridized carbons (Fsp3) is 0.353. The number of H-pyrrole nitrogens is 1. The molecule has 244 valence electrons. The van der Waals surface area contributed by atoms with E-state index in [-0.39, 0.29) is 16.6 Å². The molecule has 0 saturated carbocycles. The summed E-state index contributed by atoms with van der Waals surface area (Å²) in [5.74, 6) is 6.02. The first-order valence-electron chi connectivity index (χ1n) is 15.6. The third-order valence-corrected chi connectivity index (χ3v) is 10.0. The minimum Gasteiger partial charge on any atom is -0.351 e. The molecule has 1 aliphatic rings. The van der Waals surface area contributed by atoms with Crippen LogP contribution in [0.25, 0.3) is 27.7 Å². The van der Waals surface area contributed by atoms with Crippen molar-refractivity contribution in [3.05, 3.63) is 89.8 Å². The number of nitrogens with two attached hydrogens (primary N) is 1. The van der Waals surface area contributed by atoms with Gasteiger partial charge in [-0.15, -0.1) is 0 Å². The maximum atomic E-state index is 14.1. The van der Waals surface area contributed by atoms with E-state index in [1.165, 1.54) is 12.1 Å². The number of hydrogen-bond donors (Lipinski definition) is 4. The first kappa shape index (κ1) is 33.4. The molecular formula is C34H43FN7O3S+. The van der Waals surface area contributed by atoms with Crippen LogP contribution in [-0.2, 0) is 10.0 Å². The summed E-state index contributed by atoms with van der Waals surface area (Å²) in [7, 11) is -3.63. The number of sulfonamides is 1. The van der Waals surface area contributed by atoms with Crippen LogP contribution in [0.4, 0.5) is 4.39 Å². The molecule has 1 fully saturated rings. The van der Waals surface area contributed by atoms with Gasteiger partial charge in [0, 0.05) is 53.9 Å². The van der Waals surface area contributed by atoms with Gasteiger partial charge in [0.25, 0.3) is 0 Å². The zero-order chi connectivity index (χ0) is 33.0. The van der Waals surface area contributed by atoms with Crippen LogP contribution in [0.5, 0.6) is 0 Å². The molecule has 0 radical (unpaired) electrons. The monoisotopic (exact) mass is 648 g/mol. The van der Waals surface area contributed by atoms with Crippen molar-refractivity contribution in [2.45, 2.75) is 38.5 Å². The Morgan fingerprint density at radius 2 is 1.91 bits per heavy atom. The Morgan fingerprint density at radius 3 is 2.59 bits per heavy atom. The van der Waals surface area contributed by atoms with E-state index in [1.807, 2.05) is 32.9 Å². The van der Waals surface area contributed by atoms with Crippen molar-refractivity contribution < 1.29 is 23.3 Å². The van der Waals surface area contributed by atoms with Crippen LogP contribution in [0.15, 0.2) is 71.9 Å². The lowest BCUT2D eigenvalue weighted by atomic mass is 9.96. The number of ketones is 1. The van der Waals surface area contributed by atoms with E-state index in [4.69, 9.17) is 5.84 Å². The van der Waals surface area contributed by atoms with Crippen molar-refractivity contribution in [1.29, 1.82) is 0 Å². The average molecular weight is 649 g/mol. The number of aromatic amines is 1. The van der Waals surface area contributed by atoms with Gasteiger partial charge in [0.1, 0.15) is 5.82 Å².